The van der Waals surface area contributed by atoms with Crippen LogP contribution in [0.5, 0.6) is 0 Å². The predicted octanol–water partition coefficient (Wildman–Crippen LogP) is 4.11. The number of halogens is 3. The Kier molecular flexibility index (Phi) is 5.33. The number of alkyl halides is 3. The average Bonchev–Trinajstić information content (AvgIpc) is 3.18. The highest BCUT2D eigenvalue weighted by Crippen LogP contribution is 2.51. The molecule has 1 aromatic rings. The molecule has 0 heterocycles. The fourth-order valence-electron chi connectivity index (χ4n) is 3.61. The van der Waals surface area contributed by atoms with Crippen molar-refractivity contribution in [2.24, 2.45) is 5.41 Å². The van der Waals surface area contributed by atoms with Crippen LogP contribution >= 0.6 is 0 Å². The minimum atomic E-state index is -4.95. The monoisotopic (exact) mass is 402 g/mol. The number of rotatable bonds is 4. The van der Waals surface area contributed by atoms with Gasteiger partial charge in [0.1, 0.15) is 0 Å². The third-order valence-electron chi connectivity index (χ3n) is 5.18. The molecule has 0 bridgehead atoms. The number of nitriles is 1. The van der Waals surface area contributed by atoms with Crippen LogP contribution in [0.2, 0.25) is 0 Å². The summed E-state index contributed by atoms with van der Waals surface area (Å²) in [7, 11) is 0. The lowest BCUT2D eigenvalue weighted by molar-refractivity contribution is -0.190. The van der Waals surface area contributed by atoms with Crippen LogP contribution in [0.1, 0.15) is 31.2 Å². The largest absolute Gasteiger partial charge is 0.478 e. The molecule has 0 saturated heterocycles. The van der Waals surface area contributed by atoms with E-state index in [1.165, 1.54) is 12.1 Å². The number of allylic oxidation sites excluding steroid dienone is 4. The van der Waals surface area contributed by atoms with Gasteiger partial charge in [0.05, 0.1) is 6.07 Å². The number of carboxylic acid groups (broad SMARTS) is 1. The Morgan fingerprint density at radius 2 is 1.76 bits per heavy atom. The zero-order chi connectivity index (χ0) is 21.2. The Morgan fingerprint density at radius 1 is 1.10 bits per heavy atom. The quantitative estimate of drug-likeness (QED) is 0.793. The van der Waals surface area contributed by atoms with Crippen molar-refractivity contribution in [3.63, 3.8) is 0 Å². The topological polar surface area (TPSA) is 90.2 Å². The maximum Gasteiger partial charge on any atom is 0.412 e. The number of carbonyl (C=O) groups is 2. The van der Waals surface area contributed by atoms with Crippen molar-refractivity contribution in [3.8, 4) is 6.07 Å². The smallest absolute Gasteiger partial charge is 0.412 e. The van der Waals surface area contributed by atoms with Gasteiger partial charge in [-0.2, -0.15) is 18.4 Å². The maximum atomic E-state index is 14.0. The van der Waals surface area contributed by atoms with Crippen molar-refractivity contribution < 1.29 is 27.9 Å². The van der Waals surface area contributed by atoms with Gasteiger partial charge in [-0.25, -0.2) is 4.79 Å². The SMILES string of the molecule is N#CC1(C(F)(F)F)CC(c2ccccc2)=CC=C1NC(=O)C1=C(C(=O)O)CCC1. The number of aliphatic carboxylic acids is 1. The van der Waals surface area contributed by atoms with E-state index in [-0.39, 0.29) is 24.0 Å². The summed E-state index contributed by atoms with van der Waals surface area (Å²) in [6.07, 6.45) is -2.31. The van der Waals surface area contributed by atoms with Gasteiger partial charge in [-0.05, 0) is 36.5 Å². The van der Waals surface area contributed by atoms with Gasteiger partial charge in [0.15, 0.2) is 5.41 Å². The first-order valence-corrected chi connectivity index (χ1v) is 8.91. The number of benzene rings is 1. The van der Waals surface area contributed by atoms with Crippen molar-refractivity contribution in [1.82, 2.24) is 5.32 Å². The summed E-state index contributed by atoms with van der Waals surface area (Å²) in [4.78, 5) is 23.8. The fraction of sp³-hybridized carbons (Fsp3) is 0.286. The lowest BCUT2D eigenvalue weighted by Crippen LogP contribution is -2.46. The molecule has 2 aliphatic rings. The minimum Gasteiger partial charge on any atom is -0.478 e. The van der Waals surface area contributed by atoms with Crippen LogP contribution < -0.4 is 5.32 Å². The molecule has 29 heavy (non-hydrogen) atoms. The van der Waals surface area contributed by atoms with Gasteiger partial charge in [0.2, 0.25) is 0 Å². The average molecular weight is 402 g/mol. The first-order chi connectivity index (χ1) is 13.7. The van der Waals surface area contributed by atoms with Crippen LogP contribution in [0.4, 0.5) is 13.2 Å². The molecule has 2 N–H and O–H groups in total. The third-order valence-corrected chi connectivity index (χ3v) is 5.18. The van der Waals surface area contributed by atoms with Crippen LogP contribution in [0.25, 0.3) is 5.57 Å². The van der Waals surface area contributed by atoms with E-state index < -0.39 is 35.6 Å². The van der Waals surface area contributed by atoms with Crippen LogP contribution in [0.15, 0.2) is 59.3 Å². The van der Waals surface area contributed by atoms with Crippen LogP contribution in [0.3, 0.4) is 0 Å². The van der Waals surface area contributed by atoms with Crippen LogP contribution in [0, 0.1) is 16.7 Å². The van der Waals surface area contributed by atoms with Crippen molar-refractivity contribution in [2.45, 2.75) is 31.9 Å². The first-order valence-electron chi connectivity index (χ1n) is 8.91. The van der Waals surface area contributed by atoms with E-state index in [0.717, 1.165) is 6.08 Å². The van der Waals surface area contributed by atoms with E-state index in [9.17, 15) is 33.1 Å². The standard InChI is InChI=1S/C21H17F3N2O3/c22-21(23,24)20(12-25)11-14(13-5-2-1-3-6-13)9-10-17(20)26-18(27)15-7-4-8-16(15)19(28)29/h1-3,5-6,9-10H,4,7-8,11H2,(H,26,27)(H,28,29). The molecule has 150 valence electrons. The highest BCUT2D eigenvalue weighted by Gasteiger charge is 2.59. The number of carbonyl (C=O) groups excluding carboxylic acids is 1. The van der Waals surface area contributed by atoms with Gasteiger partial charge in [-0.1, -0.05) is 36.4 Å². The van der Waals surface area contributed by atoms with E-state index in [1.807, 2.05) is 0 Å². The van der Waals surface area contributed by atoms with E-state index in [4.69, 9.17) is 0 Å². The zero-order valence-electron chi connectivity index (χ0n) is 15.2. The number of hydrogen-bond donors (Lipinski definition) is 2. The molecule has 0 radical (unpaired) electrons. The lowest BCUT2D eigenvalue weighted by Gasteiger charge is -2.35. The van der Waals surface area contributed by atoms with E-state index in [1.54, 1.807) is 30.3 Å². The summed E-state index contributed by atoms with van der Waals surface area (Å²) in [5.74, 6) is -2.18. The fourth-order valence-corrected chi connectivity index (χ4v) is 3.61. The van der Waals surface area contributed by atoms with Gasteiger partial charge in [-0.3, -0.25) is 4.79 Å². The highest BCUT2D eigenvalue weighted by atomic mass is 19.4. The Bertz CT molecular complexity index is 985. The summed E-state index contributed by atoms with van der Waals surface area (Å²) >= 11 is 0. The van der Waals surface area contributed by atoms with E-state index in [2.05, 4.69) is 5.32 Å². The second-order valence-corrected chi connectivity index (χ2v) is 6.90. The molecule has 0 fully saturated rings. The van der Waals surface area contributed by atoms with Gasteiger partial charge in [0, 0.05) is 23.3 Å². The van der Waals surface area contributed by atoms with E-state index in [0.29, 0.717) is 17.6 Å². The first kappa shape index (κ1) is 20.4. The van der Waals surface area contributed by atoms with Gasteiger partial charge in [0.25, 0.3) is 5.91 Å². The molecule has 0 spiro atoms. The van der Waals surface area contributed by atoms with Gasteiger partial charge in [-0.15, -0.1) is 0 Å². The third kappa shape index (κ3) is 3.68. The summed E-state index contributed by atoms with van der Waals surface area (Å²) in [6.45, 7) is 0. The Balaban J connectivity index is 2.02. The maximum absolute atomic E-state index is 14.0. The molecule has 0 aromatic heterocycles. The molecule has 5 nitrogen and oxygen atoms in total. The summed E-state index contributed by atoms with van der Waals surface area (Å²) < 4.78 is 42.1. The van der Waals surface area contributed by atoms with Crippen molar-refractivity contribution in [2.75, 3.05) is 0 Å². The Labute approximate surface area is 164 Å². The number of hydrogen-bond acceptors (Lipinski definition) is 3. The van der Waals surface area contributed by atoms with E-state index >= 15 is 0 Å². The molecule has 0 aliphatic heterocycles. The minimum absolute atomic E-state index is 0.0507. The highest BCUT2D eigenvalue weighted by molar-refractivity contribution is 6.03. The molecule has 0 saturated carbocycles. The molecule has 2 aliphatic carbocycles. The molecule has 1 unspecified atom stereocenters. The number of nitrogens with one attached hydrogen (secondary N) is 1. The normalized spacial score (nSPS) is 21.9. The number of carboxylic acids is 1. The summed E-state index contributed by atoms with van der Waals surface area (Å²) in [5.41, 5.74) is -2.83. The number of nitrogens with zero attached hydrogens (tertiary/aromatic N) is 1. The Hall–Kier alpha value is -3.34. The van der Waals surface area contributed by atoms with Crippen molar-refractivity contribution >= 4 is 17.4 Å². The molecule has 8 heteroatoms. The molecule has 1 aromatic carbocycles. The Morgan fingerprint density at radius 3 is 2.34 bits per heavy atom. The van der Waals surface area contributed by atoms with Gasteiger partial charge < -0.3 is 10.4 Å². The molecular formula is C21H17F3N2O3. The second kappa shape index (κ2) is 7.59. The van der Waals surface area contributed by atoms with Crippen LogP contribution in [-0.4, -0.2) is 23.2 Å². The zero-order valence-corrected chi connectivity index (χ0v) is 15.2. The molecule has 1 amide bonds. The second-order valence-electron chi connectivity index (χ2n) is 6.90. The lowest BCUT2D eigenvalue weighted by atomic mass is 9.74. The number of amides is 1. The van der Waals surface area contributed by atoms with Crippen molar-refractivity contribution in [1.29, 1.82) is 5.26 Å². The van der Waals surface area contributed by atoms with Crippen molar-refractivity contribution in [3.05, 3.63) is 64.9 Å². The molecule has 1 atom stereocenters. The molecular weight excluding hydrogens is 385 g/mol. The predicted molar refractivity (Wildman–Crippen MR) is 97.9 cm³/mol. The van der Waals surface area contributed by atoms with Crippen LogP contribution in [-0.2, 0) is 9.59 Å². The van der Waals surface area contributed by atoms with Gasteiger partial charge >= 0.3 is 12.1 Å². The summed E-state index contributed by atoms with van der Waals surface area (Å²) in [6, 6.07) is 9.73. The summed E-state index contributed by atoms with van der Waals surface area (Å²) in [5, 5.41) is 20.9. The molecule has 3 rings (SSSR count).